The molecule has 1 rings (SSSR count). The fourth-order valence-corrected chi connectivity index (χ4v) is 1.58. The summed E-state index contributed by atoms with van der Waals surface area (Å²) in [7, 11) is 0. The van der Waals surface area contributed by atoms with Crippen LogP contribution in [0.1, 0.15) is 19.4 Å². The number of carbonyl (C=O) groups is 1. The molecule has 16 heavy (non-hydrogen) atoms. The molecule has 0 amide bonds. The van der Waals surface area contributed by atoms with E-state index in [0.29, 0.717) is 13.2 Å². The van der Waals surface area contributed by atoms with Gasteiger partial charge in [-0.3, -0.25) is 4.79 Å². The van der Waals surface area contributed by atoms with Gasteiger partial charge in [0.05, 0.1) is 6.61 Å². The standard InChI is InChI=1S/C12H16INO2/c1-3-16-12(15)9(2)14-8-10-4-6-11(13)7-5-10/h4-7,9,14H,3,8H2,1-2H3. The van der Waals surface area contributed by atoms with E-state index in [9.17, 15) is 4.79 Å². The van der Waals surface area contributed by atoms with Crippen LogP contribution in [0, 0.1) is 3.57 Å². The molecule has 3 nitrogen and oxygen atoms in total. The molecule has 0 aromatic heterocycles. The number of carbonyl (C=O) groups excluding carboxylic acids is 1. The van der Waals surface area contributed by atoms with E-state index < -0.39 is 0 Å². The molecule has 0 aliphatic heterocycles. The second-order valence-electron chi connectivity index (χ2n) is 3.48. The summed E-state index contributed by atoms with van der Waals surface area (Å²) in [4.78, 5) is 11.3. The van der Waals surface area contributed by atoms with Crippen molar-refractivity contribution in [1.29, 1.82) is 0 Å². The Hall–Kier alpha value is -0.620. The first-order valence-corrected chi connectivity index (χ1v) is 6.35. The van der Waals surface area contributed by atoms with Gasteiger partial charge < -0.3 is 10.1 Å². The average Bonchev–Trinajstić information content (AvgIpc) is 2.28. The zero-order valence-electron chi connectivity index (χ0n) is 9.50. The third kappa shape index (κ3) is 4.49. The molecule has 0 fully saturated rings. The van der Waals surface area contributed by atoms with Crippen molar-refractivity contribution in [3.05, 3.63) is 33.4 Å². The highest BCUT2D eigenvalue weighted by Crippen LogP contribution is 2.06. The highest BCUT2D eigenvalue weighted by molar-refractivity contribution is 14.1. The summed E-state index contributed by atoms with van der Waals surface area (Å²) in [6.07, 6.45) is 0. The lowest BCUT2D eigenvalue weighted by atomic mass is 10.2. The second kappa shape index (κ2) is 6.85. The number of halogens is 1. The van der Waals surface area contributed by atoms with Gasteiger partial charge in [-0.2, -0.15) is 0 Å². The first-order chi connectivity index (χ1) is 7.63. The van der Waals surface area contributed by atoms with Crippen LogP contribution in [-0.4, -0.2) is 18.6 Å². The molecular formula is C12H16INO2. The van der Waals surface area contributed by atoms with Gasteiger partial charge in [0.2, 0.25) is 0 Å². The largest absolute Gasteiger partial charge is 0.465 e. The fraction of sp³-hybridized carbons (Fsp3) is 0.417. The zero-order valence-corrected chi connectivity index (χ0v) is 11.7. The molecule has 0 heterocycles. The van der Waals surface area contributed by atoms with E-state index in [4.69, 9.17) is 4.74 Å². The molecule has 4 heteroatoms. The van der Waals surface area contributed by atoms with Gasteiger partial charge in [0.15, 0.2) is 0 Å². The number of benzene rings is 1. The molecule has 1 aromatic rings. The number of hydrogen-bond donors (Lipinski definition) is 1. The van der Waals surface area contributed by atoms with Crippen LogP contribution in [0.5, 0.6) is 0 Å². The Balaban J connectivity index is 2.39. The Kier molecular flexibility index (Phi) is 5.76. The summed E-state index contributed by atoms with van der Waals surface area (Å²) >= 11 is 2.27. The van der Waals surface area contributed by atoms with Crippen molar-refractivity contribution in [2.24, 2.45) is 0 Å². The molecule has 0 aliphatic carbocycles. The minimum absolute atomic E-state index is 0.201. The maximum absolute atomic E-state index is 11.3. The van der Waals surface area contributed by atoms with Crippen molar-refractivity contribution in [2.75, 3.05) is 6.61 Å². The quantitative estimate of drug-likeness (QED) is 0.664. The minimum Gasteiger partial charge on any atom is -0.465 e. The molecule has 0 bridgehead atoms. The number of rotatable bonds is 5. The van der Waals surface area contributed by atoms with Crippen molar-refractivity contribution >= 4 is 28.6 Å². The first kappa shape index (κ1) is 13.4. The lowest BCUT2D eigenvalue weighted by molar-refractivity contribution is -0.145. The lowest BCUT2D eigenvalue weighted by Gasteiger charge is -2.12. The third-order valence-electron chi connectivity index (χ3n) is 2.17. The van der Waals surface area contributed by atoms with E-state index >= 15 is 0 Å². The predicted molar refractivity (Wildman–Crippen MR) is 72.1 cm³/mol. The summed E-state index contributed by atoms with van der Waals surface area (Å²) in [5.41, 5.74) is 1.16. The molecule has 0 radical (unpaired) electrons. The summed E-state index contributed by atoms with van der Waals surface area (Å²) in [5, 5.41) is 3.13. The van der Waals surface area contributed by atoms with E-state index in [-0.39, 0.29) is 12.0 Å². The van der Waals surface area contributed by atoms with Gasteiger partial charge in [0, 0.05) is 10.1 Å². The van der Waals surface area contributed by atoms with Crippen molar-refractivity contribution in [3.8, 4) is 0 Å². The molecule has 88 valence electrons. The van der Waals surface area contributed by atoms with Gasteiger partial charge in [-0.1, -0.05) is 12.1 Å². The van der Waals surface area contributed by atoms with Crippen LogP contribution in [0.2, 0.25) is 0 Å². The lowest BCUT2D eigenvalue weighted by Crippen LogP contribution is -2.34. The topological polar surface area (TPSA) is 38.3 Å². The molecule has 0 saturated carbocycles. The molecule has 0 saturated heterocycles. The monoisotopic (exact) mass is 333 g/mol. The summed E-state index contributed by atoms with van der Waals surface area (Å²) < 4.78 is 6.12. The molecule has 1 atom stereocenters. The van der Waals surface area contributed by atoms with Crippen LogP contribution >= 0.6 is 22.6 Å². The van der Waals surface area contributed by atoms with Crippen molar-refractivity contribution in [2.45, 2.75) is 26.4 Å². The Morgan fingerprint density at radius 2 is 2.06 bits per heavy atom. The highest BCUT2D eigenvalue weighted by Gasteiger charge is 2.12. The number of esters is 1. The maximum atomic E-state index is 11.3. The van der Waals surface area contributed by atoms with Crippen molar-refractivity contribution in [3.63, 3.8) is 0 Å². The maximum Gasteiger partial charge on any atom is 0.322 e. The minimum atomic E-state index is -0.265. The van der Waals surface area contributed by atoms with E-state index in [1.165, 1.54) is 3.57 Å². The molecule has 1 aromatic carbocycles. The van der Waals surface area contributed by atoms with Gasteiger partial charge in [-0.15, -0.1) is 0 Å². The highest BCUT2D eigenvalue weighted by atomic mass is 127. The third-order valence-corrected chi connectivity index (χ3v) is 2.88. The van der Waals surface area contributed by atoms with E-state index in [1.807, 2.05) is 38.1 Å². The predicted octanol–water partition coefficient (Wildman–Crippen LogP) is 2.33. The summed E-state index contributed by atoms with van der Waals surface area (Å²) in [6, 6.07) is 7.93. The summed E-state index contributed by atoms with van der Waals surface area (Å²) in [6.45, 7) is 4.72. The van der Waals surface area contributed by atoms with Gasteiger partial charge in [-0.05, 0) is 54.1 Å². The molecule has 1 unspecified atom stereocenters. The van der Waals surface area contributed by atoms with Gasteiger partial charge in [0.1, 0.15) is 6.04 Å². The van der Waals surface area contributed by atoms with E-state index in [0.717, 1.165) is 5.56 Å². The van der Waals surface area contributed by atoms with Crippen molar-refractivity contribution in [1.82, 2.24) is 5.32 Å². The smallest absolute Gasteiger partial charge is 0.322 e. The zero-order chi connectivity index (χ0) is 12.0. The van der Waals surface area contributed by atoms with Gasteiger partial charge >= 0.3 is 5.97 Å². The van der Waals surface area contributed by atoms with E-state index in [2.05, 4.69) is 27.9 Å². The van der Waals surface area contributed by atoms with Gasteiger partial charge in [0.25, 0.3) is 0 Å². The second-order valence-corrected chi connectivity index (χ2v) is 4.73. The number of hydrogen-bond acceptors (Lipinski definition) is 3. The Labute approximate surface area is 110 Å². The Morgan fingerprint density at radius 1 is 1.44 bits per heavy atom. The van der Waals surface area contributed by atoms with Crippen LogP contribution < -0.4 is 5.32 Å². The fourth-order valence-electron chi connectivity index (χ4n) is 1.22. The van der Waals surface area contributed by atoms with Crippen LogP contribution in [0.4, 0.5) is 0 Å². The molecular weight excluding hydrogens is 317 g/mol. The average molecular weight is 333 g/mol. The molecule has 1 N–H and O–H groups in total. The van der Waals surface area contributed by atoms with E-state index in [1.54, 1.807) is 0 Å². The number of ether oxygens (including phenoxy) is 1. The molecule has 0 spiro atoms. The SMILES string of the molecule is CCOC(=O)C(C)NCc1ccc(I)cc1. The molecule has 0 aliphatic rings. The van der Waals surface area contributed by atoms with Gasteiger partial charge in [-0.25, -0.2) is 0 Å². The van der Waals surface area contributed by atoms with Crippen LogP contribution in [0.25, 0.3) is 0 Å². The van der Waals surface area contributed by atoms with Crippen molar-refractivity contribution < 1.29 is 9.53 Å². The Morgan fingerprint density at radius 3 is 2.62 bits per heavy atom. The first-order valence-electron chi connectivity index (χ1n) is 5.28. The van der Waals surface area contributed by atoms with Crippen LogP contribution in [0.15, 0.2) is 24.3 Å². The van der Waals surface area contributed by atoms with Crippen LogP contribution in [-0.2, 0) is 16.1 Å². The summed E-state index contributed by atoms with van der Waals surface area (Å²) in [5.74, 6) is -0.201. The van der Waals surface area contributed by atoms with Crippen LogP contribution in [0.3, 0.4) is 0 Å². The Bertz CT molecular complexity index is 337. The number of nitrogens with one attached hydrogen (secondary N) is 1. The normalized spacial score (nSPS) is 12.2.